The predicted octanol–water partition coefficient (Wildman–Crippen LogP) is 1.20. The number of sulfone groups is 1. The van der Waals surface area contributed by atoms with Crippen molar-refractivity contribution in [1.82, 2.24) is 9.97 Å². The van der Waals surface area contributed by atoms with E-state index in [2.05, 4.69) is 20.9 Å². The number of ether oxygens (including phenoxy) is 2. The zero-order valence-corrected chi connectivity index (χ0v) is 19.2. The zero-order valence-electron chi connectivity index (χ0n) is 18.4. The highest BCUT2D eigenvalue weighted by Crippen LogP contribution is 2.41. The minimum Gasteiger partial charge on any atom is -0.463 e. The van der Waals surface area contributed by atoms with Crippen LogP contribution >= 0.6 is 0 Å². The van der Waals surface area contributed by atoms with Crippen molar-refractivity contribution in [2.24, 2.45) is 10.7 Å². The first-order valence-electron chi connectivity index (χ1n) is 10.3. The molecule has 1 spiro atoms. The lowest BCUT2D eigenvalue weighted by Crippen LogP contribution is -2.57. The molecule has 0 saturated heterocycles. The molecule has 0 unspecified atom stereocenters. The molecule has 1 aromatic heterocycles. The van der Waals surface area contributed by atoms with Crippen molar-refractivity contribution in [3.63, 3.8) is 0 Å². The Hall–Kier alpha value is -3.29. The van der Waals surface area contributed by atoms with E-state index in [1.54, 1.807) is 13.8 Å². The molecule has 0 amide bonds. The number of carbonyl (C=O) groups is 1. The SMILES string of the molecule is C#CCOc1cnc(C(=O)Cc2ccc3c(c2)[C@]2(COC3)CS(=O)(=O)C(C)(C)C(N)=N2)cn1. The minimum atomic E-state index is -3.60. The van der Waals surface area contributed by atoms with Crippen LogP contribution in [-0.2, 0) is 33.1 Å². The first-order chi connectivity index (χ1) is 15.6. The van der Waals surface area contributed by atoms with Gasteiger partial charge in [0, 0.05) is 6.42 Å². The van der Waals surface area contributed by atoms with Crippen LogP contribution in [0.1, 0.15) is 41.0 Å². The second-order valence-corrected chi connectivity index (χ2v) is 11.2. The first kappa shape index (κ1) is 22.9. The summed E-state index contributed by atoms with van der Waals surface area (Å²) in [6, 6.07) is 5.46. The molecular weight excluding hydrogens is 444 g/mol. The van der Waals surface area contributed by atoms with Crippen LogP contribution in [0.3, 0.4) is 0 Å². The quantitative estimate of drug-likeness (QED) is 0.511. The number of fused-ring (bicyclic) bond motifs is 2. The molecule has 2 N–H and O–H groups in total. The molecule has 2 aromatic rings. The lowest BCUT2D eigenvalue weighted by molar-refractivity contribution is 0.0609. The fourth-order valence-electron chi connectivity index (χ4n) is 3.89. The second kappa shape index (κ2) is 8.24. The van der Waals surface area contributed by atoms with Gasteiger partial charge in [-0.1, -0.05) is 24.1 Å². The van der Waals surface area contributed by atoms with Crippen molar-refractivity contribution in [2.75, 3.05) is 19.0 Å². The number of hydrogen-bond acceptors (Lipinski definition) is 9. The fourth-order valence-corrected chi connectivity index (χ4v) is 5.55. The Morgan fingerprint density at radius 1 is 1.30 bits per heavy atom. The van der Waals surface area contributed by atoms with Gasteiger partial charge in [-0.05, 0) is 30.5 Å². The summed E-state index contributed by atoms with van der Waals surface area (Å²) in [4.78, 5) is 25.5. The van der Waals surface area contributed by atoms with Crippen molar-refractivity contribution in [3.05, 3.63) is 53.0 Å². The number of carbonyl (C=O) groups excluding carboxylic acids is 1. The molecule has 2 aliphatic heterocycles. The van der Waals surface area contributed by atoms with Gasteiger partial charge in [0.25, 0.3) is 0 Å². The Balaban J connectivity index is 1.64. The molecule has 33 heavy (non-hydrogen) atoms. The van der Waals surface area contributed by atoms with E-state index in [9.17, 15) is 13.2 Å². The number of terminal acetylenes is 1. The third kappa shape index (κ3) is 4.10. The van der Waals surface area contributed by atoms with Crippen LogP contribution in [-0.4, -0.2) is 53.7 Å². The number of nitrogens with zero attached hydrogens (tertiary/aromatic N) is 3. The van der Waals surface area contributed by atoms with Gasteiger partial charge in [0.1, 0.15) is 21.8 Å². The predicted molar refractivity (Wildman–Crippen MR) is 122 cm³/mol. The molecule has 0 radical (unpaired) electrons. The molecule has 0 saturated carbocycles. The molecule has 1 atom stereocenters. The highest BCUT2D eigenvalue weighted by Gasteiger charge is 2.52. The Morgan fingerprint density at radius 2 is 2.09 bits per heavy atom. The highest BCUT2D eigenvalue weighted by atomic mass is 32.2. The lowest BCUT2D eigenvalue weighted by Gasteiger charge is -2.42. The van der Waals surface area contributed by atoms with Crippen LogP contribution in [0.5, 0.6) is 5.88 Å². The molecule has 10 heteroatoms. The summed E-state index contributed by atoms with van der Waals surface area (Å²) < 4.78 is 35.7. The lowest BCUT2D eigenvalue weighted by atomic mass is 9.85. The van der Waals surface area contributed by atoms with Gasteiger partial charge < -0.3 is 15.2 Å². The summed E-state index contributed by atoms with van der Waals surface area (Å²) in [6.07, 6.45) is 7.88. The van der Waals surface area contributed by atoms with Crippen LogP contribution < -0.4 is 10.5 Å². The number of hydrogen-bond donors (Lipinski definition) is 1. The Morgan fingerprint density at radius 3 is 2.76 bits per heavy atom. The number of ketones is 1. The molecular formula is C23H24N4O5S. The van der Waals surface area contributed by atoms with Crippen LogP contribution in [0.2, 0.25) is 0 Å². The number of rotatable bonds is 5. The number of Topliss-reactive ketones (excluding diaryl/α,β-unsaturated/α-hetero) is 1. The van der Waals surface area contributed by atoms with Gasteiger partial charge in [-0.25, -0.2) is 18.4 Å². The summed E-state index contributed by atoms with van der Waals surface area (Å²) in [5, 5.41) is 0. The minimum absolute atomic E-state index is 0.0501. The number of nitrogens with two attached hydrogens (primary N) is 1. The van der Waals surface area contributed by atoms with Crippen LogP contribution in [0.4, 0.5) is 0 Å². The Labute approximate surface area is 192 Å². The van der Waals surface area contributed by atoms with Gasteiger partial charge in [-0.15, -0.1) is 6.42 Å². The van der Waals surface area contributed by atoms with E-state index in [1.165, 1.54) is 12.4 Å². The summed E-state index contributed by atoms with van der Waals surface area (Å²) in [7, 11) is -3.60. The summed E-state index contributed by atoms with van der Waals surface area (Å²) in [6.45, 7) is 3.59. The van der Waals surface area contributed by atoms with E-state index in [0.29, 0.717) is 17.7 Å². The van der Waals surface area contributed by atoms with E-state index in [1.807, 2.05) is 18.2 Å². The fraction of sp³-hybridized carbons (Fsp3) is 0.391. The highest BCUT2D eigenvalue weighted by molar-refractivity contribution is 7.93. The number of amidine groups is 1. The van der Waals surface area contributed by atoms with Gasteiger partial charge in [-0.2, -0.15) is 0 Å². The van der Waals surface area contributed by atoms with E-state index in [-0.39, 0.29) is 48.6 Å². The first-order valence-corrected chi connectivity index (χ1v) is 11.9. The van der Waals surface area contributed by atoms with Crippen molar-refractivity contribution in [1.29, 1.82) is 0 Å². The summed E-state index contributed by atoms with van der Waals surface area (Å²) in [5.41, 5.74) is 7.39. The third-order valence-corrected chi connectivity index (χ3v) is 8.64. The van der Waals surface area contributed by atoms with Crippen molar-refractivity contribution in [2.45, 2.75) is 37.2 Å². The van der Waals surface area contributed by atoms with Crippen molar-refractivity contribution in [3.8, 4) is 18.2 Å². The van der Waals surface area contributed by atoms with E-state index >= 15 is 0 Å². The average Bonchev–Trinajstić information content (AvgIpc) is 2.77. The van der Waals surface area contributed by atoms with Crippen LogP contribution in [0.15, 0.2) is 35.6 Å². The van der Waals surface area contributed by atoms with Gasteiger partial charge >= 0.3 is 0 Å². The smallest absolute Gasteiger partial charge is 0.233 e. The molecule has 3 heterocycles. The standard InChI is InChI=1S/C23H24N4O5S/c1-4-7-32-20-11-25-18(10-26-20)19(28)9-15-5-6-16-12-31-13-23(17(16)8-15)14-33(29,30)22(2,3)21(24)27-23/h1,5-6,8,10-11H,7,9,12-14H2,2-3H3,(H2,24,27)/t23-/m0/s1. The molecule has 0 fully saturated rings. The molecule has 2 aliphatic rings. The monoisotopic (exact) mass is 468 g/mol. The molecule has 1 aromatic carbocycles. The average molecular weight is 469 g/mol. The number of aliphatic imine (C=N–C) groups is 1. The van der Waals surface area contributed by atoms with Gasteiger partial charge in [0.15, 0.2) is 22.2 Å². The number of aromatic nitrogens is 2. The van der Waals surface area contributed by atoms with E-state index < -0.39 is 20.1 Å². The number of benzene rings is 1. The van der Waals surface area contributed by atoms with Gasteiger partial charge in [-0.3, -0.25) is 9.79 Å². The van der Waals surface area contributed by atoms with E-state index in [0.717, 1.165) is 5.56 Å². The maximum absolute atomic E-state index is 13.0. The Kier molecular flexibility index (Phi) is 5.72. The second-order valence-electron chi connectivity index (χ2n) is 8.61. The Bertz CT molecular complexity index is 1280. The van der Waals surface area contributed by atoms with E-state index in [4.69, 9.17) is 21.6 Å². The van der Waals surface area contributed by atoms with Crippen LogP contribution in [0.25, 0.3) is 0 Å². The maximum Gasteiger partial charge on any atom is 0.233 e. The normalized spacial score (nSPS) is 22.6. The third-order valence-electron chi connectivity index (χ3n) is 6.01. The largest absolute Gasteiger partial charge is 0.463 e. The molecule has 0 bridgehead atoms. The molecule has 0 aliphatic carbocycles. The van der Waals surface area contributed by atoms with Gasteiger partial charge in [0.2, 0.25) is 5.88 Å². The van der Waals surface area contributed by atoms with Gasteiger partial charge in [0.05, 0.1) is 31.4 Å². The summed E-state index contributed by atoms with van der Waals surface area (Å²) >= 11 is 0. The van der Waals surface area contributed by atoms with Crippen LogP contribution in [0, 0.1) is 12.3 Å². The summed E-state index contributed by atoms with van der Waals surface area (Å²) in [5.74, 6) is 2.15. The maximum atomic E-state index is 13.0. The van der Waals surface area contributed by atoms with Crippen molar-refractivity contribution < 1.29 is 22.7 Å². The molecule has 9 nitrogen and oxygen atoms in total. The topological polar surface area (TPSA) is 134 Å². The zero-order chi connectivity index (χ0) is 23.9. The molecule has 4 rings (SSSR count). The molecule has 172 valence electrons. The van der Waals surface area contributed by atoms with Crippen molar-refractivity contribution >= 4 is 21.5 Å².